The molecule has 0 radical (unpaired) electrons. The van der Waals surface area contributed by atoms with Crippen molar-refractivity contribution in [3.63, 3.8) is 0 Å². The Bertz CT molecular complexity index is 307. The molecule has 104 valence electrons. The van der Waals surface area contributed by atoms with Gasteiger partial charge in [-0.3, -0.25) is 0 Å². The lowest BCUT2D eigenvalue weighted by Crippen LogP contribution is -2.45. The summed E-state index contributed by atoms with van der Waals surface area (Å²) in [5.41, 5.74) is 0. The summed E-state index contributed by atoms with van der Waals surface area (Å²) in [6, 6.07) is -0.0116. The van der Waals surface area contributed by atoms with Crippen molar-refractivity contribution in [2.24, 2.45) is 5.92 Å². The minimum Gasteiger partial charge on any atom is -0.308 e. The van der Waals surface area contributed by atoms with Gasteiger partial charge >= 0.3 is 0 Å². The van der Waals surface area contributed by atoms with Gasteiger partial charge in [0.15, 0.2) is 0 Å². The van der Waals surface area contributed by atoms with Crippen LogP contribution in [0.1, 0.15) is 20.8 Å². The van der Waals surface area contributed by atoms with Crippen molar-refractivity contribution in [1.82, 2.24) is 9.21 Å². The van der Waals surface area contributed by atoms with Crippen LogP contribution >= 0.6 is 11.6 Å². The van der Waals surface area contributed by atoms with E-state index in [1.807, 2.05) is 39.8 Å². The number of likely N-dealkylation sites (N-methyl/N-ethyl adjacent to an activating group) is 2. The van der Waals surface area contributed by atoms with Gasteiger partial charge in [0.25, 0.3) is 0 Å². The van der Waals surface area contributed by atoms with Crippen LogP contribution in [-0.2, 0) is 10.0 Å². The summed E-state index contributed by atoms with van der Waals surface area (Å²) in [5, 5.41) is 0. The maximum Gasteiger partial charge on any atom is 0.214 e. The smallest absolute Gasteiger partial charge is 0.214 e. The zero-order valence-electron chi connectivity index (χ0n) is 11.5. The quantitative estimate of drug-likeness (QED) is 0.634. The monoisotopic (exact) mass is 284 g/mol. The number of sulfonamides is 1. The average Bonchev–Trinajstić information content (AvgIpc) is 2.15. The Kier molecular flexibility index (Phi) is 7.63. The number of nitrogens with zero attached hydrogens (tertiary/aromatic N) is 2. The summed E-state index contributed by atoms with van der Waals surface area (Å²) in [6.07, 6.45) is 0. The minimum absolute atomic E-state index is 0.0116. The van der Waals surface area contributed by atoms with Crippen LogP contribution in [0, 0.1) is 5.92 Å². The Labute approximate surface area is 111 Å². The SMILES string of the molecule is CCN(C(C)CN(C)C)S(=O)(=O)CC(C)CCl. The molecule has 17 heavy (non-hydrogen) atoms. The standard InChI is InChI=1S/C11H25ClN2O2S/c1-6-14(11(3)8-13(4)5)17(15,16)9-10(2)7-12/h10-11H,6-9H2,1-5H3. The number of hydrogen-bond acceptors (Lipinski definition) is 3. The van der Waals surface area contributed by atoms with Crippen LogP contribution in [0.15, 0.2) is 0 Å². The summed E-state index contributed by atoms with van der Waals surface area (Å²) >= 11 is 5.68. The molecule has 0 saturated carbocycles. The highest BCUT2D eigenvalue weighted by Crippen LogP contribution is 2.12. The Morgan fingerprint density at radius 3 is 2.12 bits per heavy atom. The van der Waals surface area contributed by atoms with Gasteiger partial charge < -0.3 is 4.90 Å². The molecule has 0 fully saturated rings. The molecule has 0 aromatic carbocycles. The molecule has 6 heteroatoms. The van der Waals surface area contributed by atoms with Crippen LogP contribution in [0.5, 0.6) is 0 Å². The van der Waals surface area contributed by atoms with Crippen molar-refractivity contribution in [2.45, 2.75) is 26.8 Å². The summed E-state index contributed by atoms with van der Waals surface area (Å²) in [4.78, 5) is 1.99. The van der Waals surface area contributed by atoms with E-state index in [1.54, 1.807) is 4.31 Å². The first-order chi connectivity index (χ1) is 7.74. The molecule has 0 saturated heterocycles. The predicted molar refractivity (Wildman–Crippen MR) is 74.1 cm³/mol. The summed E-state index contributed by atoms with van der Waals surface area (Å²) in [7, 11) is 0.679. The molecular formula is C11H25ClN2O2S. The molecule has 0 amide bonds. The molecular weight excluding hydrogens is 260 g/mol. The lowest BCUT2D eigenvalue weighted by Gasteiger charge is -2.29. The van der Waals surface area contributed by atoms with E-state index >= 15 is 0 Å². The van der Waals surface area contributed by atoms with Crippen molar-refractivity contribution in [3.8, 4) is 0 Å². The normalized spacial score (nSPS) is 16.5. The van der Waals surface area contributed by atoms with Gasteiger partial charge in [-0.15, -0.1) is 11.6 Å². The largest absolute Gasteiger partial charge is 0.308 e. The van der Waals surface area contributed by atoms with Crippen molar-refractivity contribution in [2.75, 3.05) is 38.8 Å². The van der Waals surface area contributed by atoms with Crippen molar-refractivity contribution < 1.29 is 8.42 Å². The topological polar surface area (TPSA) is 40.6 Å². The second kappa shape index (κ2) is 7.56. The summed E-state index contributed by atoms with van der Waals surface area (Å²) in [5.74, 6) is 0.489. The predicted octanol–water partition coefficient (Wildman–Crippen LogP) is 1.46. The van der Waals surface area contributed by atoms with Gasteiger partial charge in [-0.2, -0.15) is 4.31 Å². The lowest BCUT2D eigenvalue weighted by molar-refractivity contribution is 0.270. The molecule has 0 bridgehead atoms. The highest BCUT2D eigenvalue weighted by molar-refractivity contribution is 7.89. The van der Waals surface area contributed by atoms with Gasteiger partial charge in [0.2, 0.25) is 10.0 Å². The molecule has 0 spiro atoms. The maximum absolute atomic E-state index is 12.2. The third kappa shape index (κ3) is 6.04. The fourth-order valence-corrected chi connectivity index (χ4v) is 4.18. The molecule has 0 heterocycles. The maximum atomic E-state index is 12.2. The van der Waals surface area contributed by atoms with E-state index in [1.165, 1.54) is 0 Å². The molecule has 0 aromatic rings. The Hall–Kier alpha value is 0.160. The van der Waals surface area contributed by atoms with Crippen LogP contribution in [0.4, 0.5) is 0 Å². The second-order valence-electron chi connectivity index (χ2n) is 4.85. The molecule has 0 aliphatic heterocycles. The first kappa shape index (κ1) is 17.2. The number of halogens is 1. The van der Waals surface area contributed by atoms with E-state index in [2.05, 4.69) is 0 Å². The van der Waals surface area contributed by atoms with E-state index in [4.69, 9.17) is 11.6 Å². The van der Waals surface area contributed by atoms with Gasteiger partial charge in [-0.1, -0.05) is 13.8 Å². The van der Waals surface area contributed by atoms with Gasteiger partial charge in [0, 0.05) is 25.0 Å². The average molecular weight is 285 g/mol. The first-order valence-electron chi connectivity index (χ1n) is 5.94. The lowest BCUT2D eigenvalue weighted by atomic mass is 10.3. The molecule has 0 aromatic heterocycles. The van der Waals surface area contributed by atoms with Gasteiger partial charge in [0.05, 0.1) is 5.75 Å². The van der Waals surface area contributed by atoms with E-state index in [0.717, 1.165) is 6.54 Å². The third-order valence-corrected chi connectivity index (χ3v) is 5.40. The Morgan fingerprint density at radius 2 is 1.76 bits per heavy atom. The molecule has 0 rings (SSSR count). The second-order valence-corrected chi connectivity index (χ2v) is 7.13. The molecule has 0 aliphatic rings. The van der Waals surface area contributed by atoms with E-state index in [-0.39, 0.29) is 17.7 Å². The first-order valence-corrected chi connectivity index (χ1v) is 8.09. The number of rotatable bonds is 8. The fraction of sp³-hybridized carbons (Fsp3) is 1.00. The van der Waals surface area contributed by atoms with Crippen molar-refractivity contribution in [3.05, 3.63) is 0 Å². The zero-order chi connectivity index (χ0) is 13.6. The van der Waals surface area contributed by atoms with Crippen LogP contribution in [0.3, 0.4) is 0 Å². The fourth-order valence-electron chi connectivity index (χ4n) is 1.90. The number of hydrogen-bond donors (Lipinski definition) is 0. The van der Waals surface area contributed by atoms with Crippen LogP contribution < -0.4 is 0 Å². The van der Waals surface area contributed by atoms with E-state index in [0.29, 0.717) is 12.4 Å². The van der Waals surface area contributed by atoms with Gasteiger partial charge in [-0.05, 0) is 26.9 Å². The van der Waals surface area contributed by atoms with E-state index in [9.17, 15) is 8.42 Å². The van der Waals surface area contributed by atoms with Crippen molar-refractivity contribution >= 4 is 21.6 Å². The van der Waals surface area contributed by atoms with Crippen LogP contribution in [-0.4, -0.2) is 62.5 Å². The van der Waals surface area contributed by atoms with Gasteiger partial charge in [-0.25, -0.2) is 8.42 Å². The summed E-state index contributed by atoms with van der Waals surface area (Å²) < 4.78 is 26.0. The Morgan fingerprint density at radius 1 is 1.24 bits per heavy atom. The zero-order valence-corrected chi connectivity index (χ0v) is 13.1. The molecule has 2 atom stereocenters. The van der Waals surface area contributed by atoms with E-state index < -0.39 is 10.0 Å². The number of alkyl halides is 1. The van der Waals surface area contributed by atoms with Crippen molar-refractivity contribution in [1.29, 1.82) is 0 Å². The highest BCUT2D eigenvalue weighted by Gasteiger charge is 2.27. The molecule has 0 N–H and O–H groups in total. The van der Waals surface area contributed by atoms with Gasteiger partial charge in [0.1, 0.15) is 0 Å². The molecule has 0 aliphatic carbocycles. The highest BCUT2D eigenvalue weighted by atomic mass is 35.5. The van der Waals surface area contributed by atoms with Crippen LogP contribution in [0.25, 0.3) is 0 Å². The Balaban J connectivity index is 4.73. The van der Waals surface area contributed by atoms with Crippen LogP contribution in [0.2, 0.25) is 0 Å². The third-order valence-electron chi connectivity index (χ3n) is 2.55. The molecule has 2 unspecified atom stereocenters. The summed E-state index contributed by atoms with van der Waals surface area (Å²) in [6.45, 7) is 6.89. The minimum atomic E-state index is -3.21. The molecule has 4 nitrogen and oxygen atoms in total.